The standard InChI is InChI=1S/C14H6Cl3N3O2S/c15-10-5-7(20(21)22)6-11(16)12(10)23-14-9-4-2-1-3-8(9)13(17)18-19-14/h1-6H. The Morgan fingerprint density at radius 2 is 1.61 bits per heavy atom. The van der Waals surface area contributed by atoms with Gasteiger partial charge in [-0.1, -0.05) is 70.8 Å². The Morgan fingerprint density at radius 3 is 2.22 bits per heavy atom. The van der Waals surface area contributed by atoms with E-state index in [1.807, 2.05) is 24.3 Å². The predicted octanol–water partition coefficient (Wildman–Crippen LogP) is 5.65. The average Bonchev–Trinajstić information content (AvgIpc) is 2.53. The van der Waals surface area contributed by atoms with E-state index in [1.165, 1.54) is 23.9 Å². The molecule has 0 bridgehead atoms. The Bertz CT molecular complexity index is 913. The zero-order chi connectivity index (χ0) is 16.6. The largest absolute Gasteiger partial charge is 0.272 e. The first-order valence-corrected chi connectivity index (χ1v) is 8.14. The Balaban J connectivity index is 2.10. The number of halogens is 3. The number of nitro groups is 1. The minimum Gasteiger partial charge on any atom is -0.258 e. The molecule has 0 fully saturated rings. The van der Waals surface area contributed by atoms with Gasteiger partial charge in [0.1, 0.15) is 5.03 Å². The Morgan fingerprint density at radius 1 is 1.00 bits per heavy atom. The molecule has 0 saturated heterocycles. The summed E-state index contributed by atoms with van der Waals surface area (Å²) in [4.78, 5) is 10.8. The molecule has 0 amide bonds. The van der Waals surface area contributed by atoms with Crippen molar-refractivity contribution < 1.29 is 4.92 Å². The maximum atomic E-state index is 10.8. The Labute approximate surface area is 149 Å². The zero-order valence-electron chi connectivity index (χ0n) is 11.2. The van der Waals surface area contributed by atoms with Crippen LogP contribution in [0.1, 0.15) is 0 Å². The molecule has 5 nitrogen and oxygen atoms in total. The lowest BCUT2D eigenvalue weighted by atomic mass is 10.2. The van der Waals surface area contributed by atoms with Crippen LogP contribution in [0.25, 0.3) is 10.8 Å². The highest BCUT2D eigenvalue weighted by Crippen LogP contribution is 2.42. The lowest BCUT2D eigenvalue weighted by Gasteiger charge is -2.08. The van der Waals surface area contributed by atoms with E-state index in [0.29, 0.717) is 15.1 Å². The van der Waals surface area contributed by atoms with E-state index in [9.17, 15) is 10.1 Å². The van der Waals surface area contributed by atoms with Crippen molar-refractivity contribution in [3.63, 3.8) is 0 Å². The van der Waals surface area contributed by atoms with Crippen LogP contribution in [0, 0.1) is 10.1 Å². The number of hydrogen-bond donors (Lipinski definition) is 0. The van der Waals surface area contributed by atoms with E-state index in [-0.39, 0.29) is 15.7 Å². The smallest absolute Gasteiger partial charge is 0.258 e. The normalized spacial score (nSPS) is 10.9. The number of benzene rings is 2. The lowest BCUT2D eigenvalue weighted by molar-refractivity contribution is -0.384. The van der Waals surface area contributed by atoms with Gasteiger partial charge in [0.25, 0.3) is 5.69 Å². The minimum atomic E-state index is -0.552. The molecule has 0 saturated carbocycles. The van der Waals surface area contributed by atoms with Crippen LogP contribution in [0.4, 0.5) is 5.69 Å². The number of aromatic nitrogens is 2. The molecule has 0 aliphatic heterocycles. The first-order valence-electron chi connectivity index (χ1n) is 6.19. The molecule has 0 radical (unpaired) electrons. The van der Waals surface area contributed by atoms with Crippen molar-refractivity contribution in [1.82, 2.24) is 10.2 Å². The van der Waals surface area contributed by atoms with Crippen LogP contribution >= 0.6 is 46.6 Å². The molecule has 1 heterocycles. The summed E-state index contributed by atoms with van der Waals surface area (Å²) < 4.78 is 0. The summed E-state index contributed by atoms with van der Waals surface area (Å²) >= 11 is 19.5. The number of hydrogen-bond acceptors (Lipinski definition) is 5. The quantitative estimate of drug-likeness (QED) is 0.430. The first-order chi connectivity index (χ1) is 11.0. The molecular formula is C14H6Cl3N3O2S. The van der Waals surface area contributed by atoms with Crippen molar-refractivity contribution in [3.8, 4) is 0 Å². The molecule has 0 aliphatic carbocycles. The van der Waals surface area contributed by atoms with E-state index in [4.69, 9.17) is 34.8 Å². The van der Waals surface area contributed by atoms with Crippen LogP contribution in [0.3, 0.4) is 0 Å². The van der Waals surface area contributed by atoms with Gasteiger partial charge in [-0.05, 0) is 0 Å². The highest BCUT2D eigenvalue weighted by Gasteiger charge is 2.18. The van der Waals surface area contributed by atoms with Crippen molar-refractivity contribution in [2.45, 2.75) is 9.92 Å². The van der Waals surface area contributed by atoms with Crippen LogP contribution in [-0.2, 0) is 0 Å². The van der Waals surface area contributed by atoms with E-state index >= 15 is 0 Å². The maximum Gasteiger partial charge on any atom is 0.272 e. The molecule has 2 aromatic carbocycles. The van der Waals surface area contributed by atoms with Gasteiger partial charge in [-0.15, -0.1) is 10.2 Å². The van der Waals surface area contributed by atoms with Gasteiger partial charge in [-0.25, -0.2) is 0 Å². The number of nitrogens with zero attached hydrogens (tertiary/aromatic N) is 3. The summed E-state index contributed by atoms with van der Waals surface area (Å²) in [6, 6.07) is 9.88. The molecule has 23 heavy (non-hydrogen) atoms. The van der Waals surface area contributed by atoms with Crippen molar-refractivity contribution in [2.75, 3.05) is 0 Å². The summed E-state index contributed by atoms with van der Waals surface area (Å²) in [7, 11) is 0. The van der Waals surface area contributed by atoms with Gasteiger partial charge in [0, 0.05) is 22.9 Å². The van der Waals surface area contributed by atoms with E-state index < -0.39 is 4.92 Å². The Hall–Kier alpha value is -1.60. The summed E-state index contributed by atoms with van der Waals surface area (Å²) in [6.45, 7) is 0. The number of non-ortho nitro benzene ring substituents is 1. The number of rotatable bonds is 3. The van der Waals surface area contributed by atoms with Gasteiger partial charge < -0.3 is 0 Å². The molecule has 9 heteroatoms. The monoisotopic (exact) mass is 385 g/mol. The fourth-order valence-corrected chi connectivity index (χ4v) is 3.75. The van der Waals surface area contributed by atoms with Crippen molar-refractivity contribution in [3.05, 3.63) is 61.7 Å². The summed E-state index contributed by atoms with van der Waals surface area (Å²) in [6.07, 6.45) is 0. The van der Waals surface area contributed by atoms with Crippen molar-refractivity contribution in [1.29, 1.82) is 0 Å². The van der Waals surface area contributed by atoms with Gasteiger partial charge >= 0.3 is 0 Å². The maximum absolute atomic E-state index is 10.8. The van der Waals surface area contributed by atoms with Crippen molar-refractivity contribution >= 4 is 63.0 Å². The third kappa shape index (κ3) is 3.21. The molecule has 1 aromatic heterocycles. The second-order valence-electron chi connectivity index (χ2n) is 4.44. The van der Waals surface area contributed by atoms with Crippen molar-refractivity contribution in [2.24, 2.45) is 0 Å². The second kappa shape index (κ2) is 6.49. The van der Waals surface area contributed by atoms with Gasteiger partial charge in [0.2, 0.25) is 0 Å². The molecule has 116 valence electrons. The molecular weight excluding hydrogens is 381 g/mol. The van der Waals surface area contributed by atoms with Gasteiger partial charge in [-0.3, -0.25) is 10.1 Å². The predicted molar refractivity (Wildman–Crippen MR) is 91.8 cm³/mol. The summed E-state index contributed by atoms with van der Waals surface area (Å²) in [5.74, 6) is 0. The van der Waals surface area contributed by atoms with Crippen LogP contribution in [0.15, 0.2) is 46.3 Å². The Kier molecular flexibility index (Phi) is 4.59. The summed E-state index contributed by atoms with van der Waals surface area (Å²) in [5.41, 5.74) is -0.170. The second-order valence-corrected chi connectivity index (χ2v) is 6.61. The third-order valence-electron chi connectivity index (χ3n) is 3.00. The first kappa shape index (κ1) is 16.3. The zero-order valence-corrected chi connectivity index (χ0v) is 14.2. The molecule has 3 aromatic rings. The minimum absolute atomic E-state index is 0.170. The van der Waals surface area contributed by atoms with Crippen LogP contribution < -0.4 is 0 Å². The van der Waals surface area contributed by atoms with E-state index in [0.717, 1.165) is 10.8 Å². The van der Waals surface area contributed by atoms with E-state index in [2.05, 4.69) is 10.2 Å². The topological polar surface area (TPSA) is 68.9 Å². The molecule has 0 spiro atoms. The average molecular weight is 387 g/mol. The van der Waals surface area contributed by atoms with Crippen LogP contribution in [-0.4, -0.2) is 15.1 Å². The molecule has 0 unspecified atom stereocenters. The molecule has 0 aliphatic rings. The lowest BCUT2D eigenvalue weighted by Crippen LogP contribution is -1.92. The third-order valence-corrected chi connectivity index (χ3v) is 5.24. The highest BCUT2D eigenvalue weighted by molar-refractivity contribution is 7.99. The molecule has 0 atom stereocenters. The van der Waals surface area contributed by atoms with Crippen LogP contribution in [0.5, 0.6) is 0 Å². The number of nitro benzene ring substituents is 1. The van der Waals surface area contributed by atoms with Crippen LogP contribution in [0.2, 0.25) is 15.2 Å². The SMILES string of the molecule is O=[N+]([O-])c1cc(Cl)c(Sc2nnc(Cl)c3ccccc23)c(Cl)c1. The molecule has 0 N–H and O–H groups in total. The fourth-order valence-electron chi connectivity index (χ4n) is 1.97. The summed E-state index contributed by atoms with van der Waals surface area (Å²) in [5, 5.41) is 21.6. The number of fused-ring (bicyclic) bond motifs is 1. The highest BCUT2D eigenvalue weighted by atomic mass is 35.5. The van der Waals surface area contributed by atoms with E-state index in [1.54, 1.807) is 0 Å². The van der Waals surface area contributed by atoms with Gasteiger partial charge in [0.05, 0.1) is 19.9 Å². The fraction of sp³-hybridized carbons (Fsp3) is 0. The van der Waals surface area contributed by atoms with Gasteiger partial charge in [-0.2, -0.15) is 0 Å². The molecule has 3 rings (SSSR count). The van der Waals surface area contributed by atoms with Gasteiger partial charge in [0.15, 0.2) is 5.15 Å².